The van der Waals surface area contributed by atoms with Crippen molar-refractivity contribution in [2.45, 2.75) is 20.3 Å². The Bertz CT molecular complexity index is 110. The van der Waals surface area contributed by atoms with E-state index in [2.05, 4.69) is 13.8 Å². The smallest absolute Gasteiger partial charge is 0.0516 e. The van der Waals surface area contributed by atoms with E-state index in [9.17, 15) is 0 Å². The Hall–Kier alpha value is -0.0800. The lowest BCUT2D eigenvalue weighted by Crippen LogP contribution is -2.33. The number of rotatable bonds is 4. The summed E-state index contributed by atoms with van der Waals surface area (Å²) >= 11 is 0. The van der Waals surface area contributed by atoms with Gasteiger partial charge in [-0.3, -0.25) is 0 Å². The molecule has 2 nitrogen and oxygen atoms in total. The normalized spacial score (nSPS) is 21.8. The summed E-state index contributed by atoms with van der Waals surface area (Å²) in [5.41, 5.74) is 5.66. The molecular weight excluding hydrogens is 138 g/mol. The molecule has 0 aromatic heterocycles. The predicted molar refractivity (Wildman–Crippen MR) is 46.3 cm³/mol. The van der Waals surface area contributed by atoms with Gasteiger partial charge in [0, 0.05) is 5.92 Å². The second kappa shape index (κ2) is 4.07. The third-order valence-corrected chi connectivity index (χ3v) is 2.59. The fourth-order valence-electron chi connectivity index (χ4n) is 1.49. The quantitative estimate of drug-likeness (QED) is 0.666. The number of hydrogen-bond acceptors (Lipinski definition) is 2. The molecule has 11 heavy (non-hydrogen) atoms. The van der Waals surface area contributed by atoms with E-state index >= 15 is 0 Å². The van der Waals surface area contributed by atoms with Crippen LogP contribution in [-0.4, -0.2) is 19.8 Å². The lowest BCUT2D eigenvalue weighted by atomic mass is 9.86. The summed E-state index contributed by atoms with van der Waals surface area (Å²) in [6.07, 6.45) is 1.26. The van der Waals surface area contributed by atoms with Crippen molar-refractivity contribution in [3.05, 3.63) is 0 Å². The highest BCUT2D eigenvalue weighted by molar-refractivity contribution is 4.73. The van der Waals surface area contributed by atoms with E-state index in [-0.39, 0.29) is 0 Å². The van der Waals surface area contributed by atoms with Crippen molar-refractivity contribution in [3.8, 4) is 0 Å². The Labute approximate surface area is 69.1 Å². The van der Waals surface area contributed by atoms with E-state index in [0.29, 0.717) is 5.92 Å². The maximum absolute atomic E-state index is 5.66. The molecule has 1 unspecified atom stereocenters. The fraction of sp³-hybridized carbons (Fsp3) is 1.00. The van der Waals surface area contributed by atoms with Gasteiger partial charge in [0.05, 0.1) is 13.2 Å². The molecule has 66 valence electrons. The molecule has 0 spiro atoms. The molecule has 0 aromatic rings. The van der Waals surface area contributed by atoms with Crippen LogP contribution in [0.1, 0.15) is 20.3 Å². The Kier molecular flexibility index (Phi) is 3.34. The zero-order valence-corrected chi connectivity index (χ0v) is 7.55. The highest BCUT2D eigenvalue weighted by atomic mass is 16.5. The molecule has 0 bridgehead atoms. The lowest BCUT2D eigenvalue weighted by molar-refractivity contribution is -0.0446. The zero-order chi connectivity index (χ0) is 8.27. The second-order valence-electron chi connectivity index (χ2n) is 3.88. The van der Waals surface area contributed by atoms with Crippen LogP contribution in [0.25, 0.3) is 0 Å². The Morgan fingerprint density at radius 3 is 2.36 bits per heavy atom. The van der Waals surface area contributed by atoms with Crippen LogP contribution >= 0.6 is 0 Å². The van der Waals surface area contributed by atoms with Crippen LogP contribution in [0.3, 0.4) is 0 Å². The van der Waals surface area contributed by atoms with Gasteiger partial charge >= 0.3 is 0 Å². The van der Waals surface area contributed by atoms with Gasteiger partial charge in [-0.1, -0.05) is 13.8 Å². The van der Waals surface area contributed by atoms with Crippen molar-refractivity contribution >= 4 is 0 Å². The molecule has 0 amide bonds. The van der Waals surface area contributed by atoms with Crippen molar-refractivity contribution in [2.24, 2.45) is 23.5 Å². The van der Waals surface area contributed by atoms with E-state index in [1.54, 1.807) is 0 Å². The van der Waals surface area contributed by atoms with E-state index in [1.165, 1.54) is 6.42 Å². The van der Waals surface area contributed by atoms with Gasteiger partial charge in [0.1, 0.15) is 0 Å². The first-order valence-corrected chi connectivity index (χ1v) is 4.51. The van der Waals surface area contributed by atoms with Crippen LogP contribution in [0.5, 0.6) is 0 Å². The van der Waals surface area contributed by atoms with Gasteiger partial charge in [-0.2, -0.15) is 0 Å². The first kappa shape index (κ1) is 9.01. The van der Waals surface area contributed by atoms with Crippen LogP contribution < -0.4 is 5.73 Å². The first-order valence-electron chi connectivity index (χ1n) is 4.51. The topological polar surface area (TPSA) is 35.2 Å². The van der Waals surface area contributed by atoms with Gasteiger partial charge in [0.15, 0.2) is 0 Å². The number of nitrogens with two attached hydrogens (primary N) is 1. The standard InChI is InChI=1S/C9H19NO/c1-7(2)9(4-10)3-8-5-11-6-8/h7-9H,3-6,10H2,1-2H3. The summed E-state index contributed by atoms with van der Waals surface area (Å²) in [6.45, 7) is 7.24. The average Bonchev–Trinajstić information content (AvgIpc) is 1.85. The third kappa shape index (κ3) is 2.46. The molecule has 1 rings (SSSR count). The Morgan fingerprint density at radius 1 is 1.45 bits per heavy atom. The van der Waals surface area contributed by atoms with Crippen molar-refractivity contribution in [2.75, 3.05) is 19.8 Å². The molecule has 1 atom stereocenters. The molecular formula is C9H19NO. The first-order chi connectivity index (χ1) is 5.24. The van der Waals surface area contributed by atoms with E-state index in [0.717, 1.165) is 31.6 Å². The minimum Gasteiger partial charge on any atom is -0.381 e. The van der Waals surface area contributed by atoms with Crippen molar-refractivity contribution in [1.82, 2.24) is 0 Å². The monoisotopic (exact) mass is 157 g/mol. The summed E-state index contributed by atoms with van der Waals surface area (Å²) < 4.78 is 5.12. The SMILES string of the molecule is CC(C)C(CN)CC1COC1. The molecule has 1 fully saturated rings. The predicted octanol–water partition coefficient (Wildman–Crippen LogP) is 1.25. The maximum atomic E-state index is 5.66. The molecule has 0 radical (unpaired) electrons. The van der Waals surface area contributed by atoms with Crippen molar-refractivity contribution in [3.63, 3.8) is 0 Å². The molecule has 1 aliphatic rings. The van der Waals surface area contributed by atoms with Gasteiger partial charge in [-0.05, 0) is 24.8 Å². The summed E-state index contributed by atoms with van der Waals surface area (Å²) in [5, 5.41) is 0. The fourth-order valence-corrected chi connectivity index (χ4v) is 1.49. The number of hydrogen-bond donors (Lipinski definition) is 1. The van der Waals surface area contributed by atoms with Crippen LogP contribution in [0.4, 0.5) is 0 Å². The highest BCUT2D eigenvalue weighted by Gasteiger charge is 2.23. The summed E-state index contributed by atoms with van der Waals surface area (Å²) in [4.78, 5) is 0. The molecule has 2 heteroatoms. The van der Waals surface area contributed by atoms with Crippen LogP contribution in [-0.2, 0) is 4.74 Å². The van der Waals surface area contributed by atoms with Gasteiger partial charge in [0.25, 0.3) is 0 Å². The van der Waals surface area contributed by atoms with E-state index in [4.69, 9.17) is 10.5 Å². The average molecular weight is 157 g/mol. The van der Waals surface area contributed by atoms with Crippen molar-refractivity contribution in [1.29, 1.82) is 0 Å². The highest BCUT2D eigenvalue weighted by Crippen LogP contribution is 2.23. The molecule has 1 heterocycles. The van der Waals surface area contributed by atoms with Crippen LogP contribution in [0.15, 0.2) is 0 Å². The van der Waals surface area contributed by atoms with Crippen LogP contribution in [0.2, 0.25) is 0 Å². The minimum atomic E-state index is 0.698. The van der Waals surface area contributed by atoms with E-state index in [1.807, 2.05) is 0 Å². The summed E-state index contributed by atoms with van der Waals surface area (Å²) in [7, 11) is 0. The summed E-state index contributed by atoms with van der Waals surface area (Å²) in [5.74, 6) is 2.22. The largest absolute Gasteiger partial charge is 0.381 e. The number of ether oxygens (including phenoxy) is 1. The van der Waals surface area contributed by atoms with Gasteiger partial charge in [0.2, 0.25) is 0 Å². The lowest BCUT2D eigenvalue weighted by Gasteiger charge is -2.30. The Morgan fingerprint density at radius 2 is 2.09 bits per heavy atom. The molecule has 0 aromatic carbocycles. The van der Waals surface area contributed by atoms with Crippen LogP contribution in [0, 0.1) is 17.8 Å². The molecule has 0 saturated carbocycles. The third-order valence-electron chi connectivity index (χ3n) is 2.59. The minimum absolute atomic E-state index is 0.698. The molecule has 2 N–H and O–H groups in total. The molecule has 0 aliphatic carbocycles. The molecule has 1 saturated heterocycles. The Balaban J connectivity index is 2.19. The van der Waals surface area contributed by atoms with E-state index < -0.39 is 0 Å². The zero-order valence-electron chi connectivity index (χ0n) is 7.55. The van der Waals surface area contributed by atoms with Gasteiger partial charge in [-0.15, -0.1) is 0 Å². The maximum Gasteiger partial charge on any atom is 0.0516 e. The van der Waals surface area contributed by atoms with Gasteiger partial charge in [-0.25, -0.2) is 0 Å². The van der Waals surface area contributed by atoms with Crippen molar-refractivity contribution < 1.29 is 4.74 Å². The second-order valence-corrected chi connectivity index (χ2v) is 3.88. The summed E-state index contributed by atoms with van der Waals surface area (Å²) in [6, 6.07) is 0. The molecule has 1 aliphatic heterocycles. The van der Waals surface area contributed by atoms with Gasteiger partial charge < -0.3 is 10.5 Å².